The molecular weight excluding hydrogens is 438 g/mol. The van der Waals surface area contributed by atoms with Crippen LogP contribution in [0.3, 0.4) is 0 Å². The number of nitrogen functional groups attached to an aromatic ring is 1. The SMILES string of the molecule is Nc1ccc(-c2ccc(N3C(=O)c4ccccc4C3=O)cc2C(F)(F)F)c(C(F)(F)F)c1. The number of anilines is 2. The summed E-state index contributed by atoms with van der Waals surface area (Å²) in [6.07, 6.45) is -10.0. The first-order valence-corrected chi connectivity index (χ1v) is 9.06. The molecule has 0 radical (unpaired) electrons. The van der Waals surface area contributed by atoms with E-state index in [1.807, 2.05) is 0 Å². The Morgan fingerprint density at radius 1 is 0.625 bits per heavy atom. The van der Waals surface area contributed by atoms with E-state index in [4.69, 9.17) is 5.73 Å². The summed E-state index contributed by atoms with van der Waals surface area (Å²) in [5.74, 6) is -1.65. The lowest BCUT2D eigenvalue weighted by molar-refractivity contribution is -0.139. The second kappa shape index (κ2) is 7.11. The summed E-state index contributed by atoms with van der Waals surface area (Å²) in [6, 6.07) is 10.5. The summed E-state index contributed by atoms with van der Waals surface area (Å²) < 4.78 is 82.1. The molecule has 10 heteroatoms. The van der Waals surface area contributed by atoms with Crippen LogP contribution in [0.15, 0.2) is 60.7 Å². The van der Waals surface area contributed by atoms with Gasteiger partial charge in [-0.2, -0.15) is 26.3 Å². The molecule has 4 nitrogen and oxygen atoms in total. The van der Waals surface area contributed by atoms with Gasteiger partial charge in [-0.25, -0.2) is 4.90 Å². The van der Waals surface area contributed by atoms with Gasteiger partial charge in [-0.15, -0.1) is 0 Å². The highest BCUT2D eigenvalue weighted by atomic mass is 19.4. The quantitative estimate of drug-likeness (QED) is 0.306. The molecule has 0 spiro atoms. The zero-order valence-corrected chi connectivity index (χ0v) is 15.9. The Morgan fingerprint density at radius 3 is 1.59 bits per heavy atom. The molecule has 4 rings (SSSR count). The number of nitrogens with two attached hydrogens (primary N) is 1. The van der Waals surface area contributed by atoms with Crippen LogP contribution in [-0.4, -0.2) is 11.8 Å². The second-order valence-corrected chi connectivity index (χ2v) is 7.02. The van der Waals surface area contributed by atoms with Crippen LogP contribution in [0.25, 0.3) is 11.1 Å². The van der Waals surface area contributed by atoms with Gasteiger partial charge in [0.05, 0.1) is 27.9 Å². The molecule has 0 unspecified atom stereocenters. The molecule has 32 heavy (non-hydrogen) atoms. The summed E-state index contributed by atoms with van der Waals surface area (Å²) in [6.45, 7) is 0. The van der Waals surface area contributed by atoms with Gasteiger partial charge in [0.25, 0.3) is 11.8 Å². The van der Waals surface area contributed by atoms with Gasteiger partial charge in [-0.05, 0) is 47.5 Å². The lowest BCUT2D eigenvalue weighted by atomic mass is 9.93. The van der Waals surface area contributed by atoms with Crippen LogP contribution >= 0.6 is 0 Å². The summed E-state index contributed by atoms with van der Waals surface area (Å²) in [5.41, 5.74) is 0.518. The van der Waals surface area contributed by atoms with E-state index in [2.05, 4.69) is 0 Å². The van der Waals surface area contributed by atoms with Crippen LogP contribution in [-0.2, 0) is 12.4 Å². The standard InChI is InChI=1S/C22H12F6N2O2/c23-21(24,25)17-9-11(29)5-7-13(17)14-8-6-12(10-18(14)22(26,27)28)30-19(31)15-3-1-2-4-16(15)20(30)32/h1-10H,29H2. The molecule has 3 aromatic rings. The smallest absolute Gasteiger partial charge is 0.399 e. The first-order valence-electron chi connectivity index (χ1n) is 9.06. The highest BCUT2D eigenvalue weighted by Crippen LogP contribution is 2.45. The minimum absolute atomic E-state index is 0.0213. The number of amides is 2. The van der Waals surface area contributed by atoms with Crippen LogP contribution in [0.2, 0.25) is 0 Å². The third kappa shape index (κ3) is 3.47. The third-order valence-electron chi connectivity index (χ3n) is 5.00. The number of hydrogen-bond acceptors (Lipinski definition) is 3. The maximum atomic E-state index is 13.9. The van der Waals surface area contributed by atoms with E-state index in [1.54, 1.807) is 0 Å². The Bertz CT molecular complexity index is 1230. The van der Waals surface area contributed by atoms with Gasteiger partial charge >= 0.3 is 12.4 Å². The van der Waals surface area contributed by atoms with Crippen LogP contribution < -0.4 is 10.6 Å². The molecule has 0 aliphatic carbocycles. The molecule has 2 amide bonds. The van der Waals surface area contributed by atoms with Crippen LogP contribution in [0, 0.1) is 0 Å². The van der Waals surface area contributed by atoms with Crippen molar-refractivity contribution in [3.8, 4) is 11.1 Å². The predicted molar refractivity (Wildman–Crippen MR) is 104 cm³/mol. The molecule has 164 valence electrons. The Labute approximate surface area is 176 Å². The Morgan fingerprint density at radius 2 is 1.09 bits per heavy atom. The fraction of sp³-hybridized carbons (Fsp3) is 0.0909. The average Bonchev–Trinajstić information content (AvgIpc) is 2.97. The number of imide groups is 1. The highest BCUT2D eigenvalue weighted by Gasteiger charge is 2.41. The van der Waals surface area contributed by atoms with E-state index in [-0.39, 0.29) is 16.8 Å². The van der Waals surface area contributed by atoms with Crippen molar-refractivity contribution in [1.29, 1.82) is 0 Å². The van der Waals surface area contributed by atoms with E-state index in [9.17, 15) is 35.9 Å². The number of rotatable bonds is 2. The zero-order chi connectivity index (χ0) is 23.4. The van der Waals surface area contributed by atoms with Gasteiger partial charge in [0, 0.05) is 5.69 Å². The van der Waals surface area contributed by atoms with Gasteiger partial charge in [0.15, 0.2) is 0 Å². The Hall–Kier alpha value is -3.82. The Balaban J connectivity index is 1.90. The van der Waals surface area contributed by atoms with Crippen molar-refractivity contribution in [3.63, 3.8) is 0 Å². The minimum atomic E-state index is -5.08. The molecule has 0 bridgehead atoms. The summed E-state index contributed by atoms with van der Waals surface area (Å²) in [4.78, 5) is 25.8. The summed E-state index contributed by atoms with van der Waals surface area (Å²) in [7, 11) is 0. The van der Waals surface area contributed by atoms with E-state index < -0.39 is 52.1 Å². The van der Waals surface area contributed by atoms with Gasteiger partial charge in [0.2, 0.25) is 0 Å². The van der Waals surface area contributed by atoms with Gasteiger partial charge in [0.1, 0.15) is 0 Å². The lowest BCUT2D eigenvalue weighted by Crippen LogP contribution is -2.29. The first kappa shape index (κ1) is 21.4. The van der Waals surface area contributed by atoms with Crippen molar-refractivity contribution in [2.45, 2.75) is 12.4 Å². The van der Waals surface area contributed by atoms with E-state index in [0.717, 1.165) is 24.3 Å². The molecule has 0 fully saturated rings. The predicted octanol–water partition coefficient (Wildman–Crippen LogP) is 5.77. The maximum Gasteiger partial charge on any atom is 0.417 e. The van der Waals surface area contributed by atoms with Gasteiger partial charge < -0.3 is 5.73 Å². The lowest BCUT2D eigenvalue weighted by Gasteiger charge is -2.21. The van der Waals surface area contributed by atoms with Crippen LogP contribution in [0.5, 0.6) is 0 Å². The second-order valence-electron chi connectivity index (χ2n) is 7.02. The largest absolute Gasteiger partial charge is 0.417 e. The summed E-state index contributed by atoms with van der Waals surface area (Å²) >= 11 is 0. The van der Waals surface area contributed by atoms with Crippen molar-refractivity contribution in [2.24, 2.45) is 0 Å². The number of carbonyl (C=O) groups is 2. The van der Waals surface area contributed by atoms with Crippen molar-refractivity contribution in [2.75, 3.05) is 10.6 Å². The van der Waals surface area contributed by atoms with Crippen molar-refractivity contribution >= 4 is 23.2 Å². The number of nitrogens with zero attached hydrogens (tertiary/aromatic N) is 1. The topological polar surface area (TPSA) is 63.4 Å². The van der Waals surface area contributed by atoms with Gasteiger partial charge in [-0.1, -0.05) is 24.3 Å². The monoisotopic (exact) mass is 450 g/mol. The summed E-state index contributed by atoms with van der Waals surface area (Å²) in [5, 5.41) is 0. The molecule has 0 atom stereocenters. The van der Waals surface area contributed by atoms with Crippen LogP contribution in [0.4, 0.5) is 37.7 Å². The molecule has 0 saturated heterocycles. The van der Waals surface area contributed by atoms with E-state index >= 15 is 0 Å². The molecular formula is C22H12F6N2O2. The average molecular weight is 450 g/mol. The number of alkyl halides is 6. The molecule has 1 aliphatic rings. The molecule has 0 aromatic heterocycles. The molecule has 0 saturated carbocycles. The first-order chi connectivity index (χ1) is 14.9. The number of fused-ring (bicyclic) bond motifs is 1. The van der Waals surface area contributed by atoms with E-state index in [0.29, 0.717) is 17.0 Å². The number of hydrogen-bond donors (Lipinski definition) is 1. The molecule has 1 heterocycles. The third-order valence-corrected chi connectivity index (χ3v) is 5.00. The van der Waals surface area contributed by atoms with Gasteiger partial charge in [-0.3, -0.25) is 9.59 Å². The number of carbonyl (C=O) groups excluding carboxylic acids is 2. The number of benzene rings is 3. The highest BCUT2D eigenvalue weighted by molar-refractivity contribution is 6.34. The molecule has 2 N–H and O–H groups in total. The van der Waals surface area contributed by atoms with Crippen molar-refractivity contribution in [1.82, 2.24) is 0 Å². The van der Waals surface area contributed by atoms with Crippen molar-refractivity contribution < 1.29 is 35.9 Å². The van der Waals surface area contributed by atoms with E-state index in [1.165, 1.54) is 24.3 Å². The maximum absolute atomic E-state index is 13.9. The fourth-order valence-corrected chi connectivity index (χ4v) is 3.60. The Kier molecular flexibility index (Phi) is 4.76. The molecule has 1 aliphatic heterocycles. The zero-order valence-electron chi connectivity index (χ0n) is 15.9. The fourth-order valence-electron chi connectivity index (χ4n) is 3.60. The van der Waals surface area contributed by atoms with Crippen LogP contribution in [0.1, 0.15) is 31.8 Å². The molecule has 3 aromatic carbocycles. The number of halogens is 6. The van der Waals surface area contributed by atoms with Crippen molar-refractivity contribution in [3.05, 3.63) is 82.9 Å². The normalized spacial score (nSPS) is 14.1. The minimum Gasteiger partial charge on any atom is -0.399 e.